The number of nitriles is 1. The molecule has 0 unspecified atom stereocenters. The highest BCUT2D eigenvalue weighted by atomic mass is 32.2. The van der Waals surface area contributed by atoms with Crippen LogP contribution in [0, 0.1) is 21.4 Å². The van der Waals surface area contributed by atoms with E-state index in [4.69, 9.17) is 5.26 Å². The molecule has 0 aliphatic heterocycles. The summed E-state index contributed by atoms with van der Waals surface area (Å²) in [6, 6.07) is 6.52. The predicted molar refractivity (Wildman–Crippen MR) is 81.0 cm³/mol. The Morgan fingerprint density at radius 3 is 2.75 bits per heavy atom. The number of hydrogen-bond donors (Lipinski definition) is 1. The van der Waals surface area contributed by atoms with Crippen LogP contribution in [0.1, 0.15) is 31.2 Å². The molecule has 1 fully saturated rings. The Morgan fingerprint density at radius 2 is 2.20 bits per heavy atom. The Labute approximate surface area is 122 Å². The van der Waals surface area contributed by atoms with E-state index in [1.54, 1.807) is 6.07 Å². The zero-order valence-electron chi connectivity index (χ0n) is 11.4. The third-order valence-electron chi connectivity index (χ3n) is 3.88. The van der Waals surface area contributed by atoms with E-state index >= 15 is 0 Å². The van der Waals surface area contributed by atoms with Crippen molar-refractivity contribution >= 4 is 23.1 Å². The molecule has 20 heavy (non-hydrogen) atoms. The minimum atomic E-state index is -0.510. The molecular formula is C14H17N3O2S. The van der Waals surface area contributed by atoms with Gasteiger partial charge in [0.15, 0.2) is 0 Å². The van der Waals surface area contributed by atoms with Crippen LogP contribution < -0.4 is 5.32 Å². The fraction of sp³-hybridized carbons (Fsp3) is 0.500. The van der Waals surface area contributed by atoms with Crippen LogP contribution in [0.4, 0.5) is 11.4 Å². The summed E-state index contributed by atoms with van der Waals surface area (Å²) >= 11 is 1.87. The summed E-state index contributed by atoms with van der Waals surface area (Å²) < 4.78 is 0.239. The first-order valence-corrected chi connectivity index (χ1v) is 7.80. The van der Waals surface area contributed by atoms with Crippen molar-refractivity contribution in [3.05, 3.63) is 33.9 Å². The summed E-state index contributed by atoms with van der Waals surface area (Å²) in [6.45, 7) is 0.803. The molecule has 6 heteroatoms. The van der Waals surface area contributed by atoms with E-state index < -0.39 is 4.92 Å². The number of nitro groups is 1. The number of thioether (sulfide) groups is 1. The summed E-state index contributed by atoms with van der Waals surface area (Å²) in [5.41, 5.74) is 0.666. The Hall–Kier alpha value is -1.74. The van der Waals surface area contributed by atoms with Crippen molar-refractivity contribution < 1.29 is 4.92 Å². The molecule has 1 saturated carbocycles. The number of nitrogens with one attached hydrogen (secondary N) is 1. The summed E-state index contributed by atoms with van der Waals surface area (Å²) in [5, 5.41) is 23.1. The van der Waals surface area contributed by atoms with Crippen LogP contribution in [0.2, 0.25) is 0 Å². The number of nitro benzene ring substituents is 1. The second-order valence-corrected chi connectivity index (χ2v) is 6.32. The average Bonchev–Trinajstić information content (AvgIpc) is 2.94. The first-order valence-electron chi connectivity index (χ1n) is 6.58. The molecule has 0 aromatic heterocycles. The third-order valence-corrected chi connectivity index (χ3v) is 5.30. The largest absolute Gasteiger partial charge is 0.383 e. The zero-order chi connectivity index (χ0) is 14.6. The molecule has 1 aromatic rings. The van der Waals surface area contributed by atoms with Crippen LogP contribution >= 0.6 is 11.8 Å². The van der Waals surface area contributed by atoms with Gasteiger partial charge in [-0.2, -0.15) is 17.0 Å². The quantitative estimate of drug-likeness (QED) is 0.663. The van der Waals surface area contributed by atoms with Crippen LogP contribution in [0.5, 0.6) is 0 Å². The number of benzene rings is 1. The van der Waals surface area contributed by atoms with Crippen LogP contribution in [0.3, 0.4) is 0 Å². The molecule has 1 aliphatic rings. The van der Waals surface area contributed by atoms with Gasteiger partial charge in [0.05, 0.1) is 4.92 Å². The van der Waals surface area contributed by atoms with Gasteiger partial charge in [0, 0.05) is 23.0 Å². The molecule has 0 radical (unpaired) electrons. The van der Waals surface area contributed by atoms with E-state index in [-0.39, 0.29) is 16.0 Å². The molecule has 5 nitrogen and oxygen atoms in total. The van der Waals surface area contributed by atoms with Gasteiger partial charge in [-0.1, -0.05) is 12.8 Å². The summed E-state index contributed by atoms with van der Waals surface area (Å²) in [4.78, 5) is 10.4. The Morgan fingerprint density at radius 1 is 1.50 bits per heavy atom. The van der Waals surface area contributed by atoms with E-state index in [0.29, 0.717) is 5.69 Å². The molecule has 0 atom stereocenters. The standard InChI is InChI=1S/C14H17N3O2S/c1-20-14(6-2-3-7-14)10-16-12-5-4-11(9-15)13(8-12)17(18)19/h4-5,8,16H,2-3,6-7,10H2,1H3. The van der Waals surface area contributed by atoms with Crippen LogP contribution in [-0.4, -0.2) is 22.5 Å². The van der Waals surface area contributed by atoms with E-state index in [1.165, 1.54) is 37.8 Å². The Balaban J connectivity index is 2.12. The van der Waals surface area contributed by atoms with Crippen molar-refractivity contribution in [3.8, 4) is 6.07 Å². The number of nitrogens with zero attached hydrogens (tertiary/aromatic N) is 2. The van der Waals surface area contributed by atoms with Gasteiger partial charge < -0.3 is 5.32 Å². The summed E-state index contributed by atoms with van der Waals surface area (Å²) in [7, 11) is 0. The molecule has 0 saturated heterocycles. The first kappa shape index (κ1) is 14.7. The van der Waals surface area contributed by atoms with Crippen LogP contribution in [0.25, 0.3) is 0 Å². The lowest BCUT2D eigenvalue weighted by Crippen LogP contribution is -2.30. The third kappa shape index (κ3) is 3.05. The lowest BCUT2D eigenvalue weighted by molar-refractivity contribution is -0.385. The Kier molecular flexibility index (Phi) is 4.50. The molecule has 1 N–H and O–H groups in total. The first-order chi connectivity index (χ1) is 9.60. The second kappa shape index (κ2) is 6.14. The van der Waals surface area contributed by atoms with Gasteiger partial charge in [0.2, 0.25) is 0 Å². The van der Waals surface area contributed by atoms with Gasteiger partial charge in [-0.05, 0) is 31.2 Å². The molecule has 1 aliphatic carbocycles. The highest BCUT2D eigenvalue weighted by Gasteiger charge is 2.32. The number of anilines is 1. The van der Waals surface area contributed by atoms with Crippen molar-refractivity contribution in [2.75, 3.05) is 18.1 Å². The minimum absolute atomic E-state index is 0.0981. The van der Waals surface area contributed by atoms with Gasteiger partial charge in [-0.25, -0.2) is 0 Å². The lowest BCUT2D eigenvalue weighted by Gasteiger charge is -2.27. The fourth-order valence-corrected chi connectivity index (χ4v) is 3.54. The maximum atomic E-state index is 10.9. The minimum Gasteiger partial charge on any atom is -0.383 e. The highest BCUT2D eigenvalue weighted by Crippen LogP contribution is 2.40. The topological polar surface area (TPSA) is 79.0 Å². The maximum absolute atomic E-state index is 10.9. The molecule has 2 rings (SSSR count). The van der Waals surface area contributed by atoms with Gasteiger partial charge >= 0.3 is 0 Å². The van der Waals surface area contributed by atoms with E-state index in [1.807, 2.05) is 17.8 Å². The second-order valence-electron chi connectivity index (χ2n) is 5.05. The van der Waals surface area contributed by atoms with Crippen molar-refractivity contribution in [2.24, 2.45) is 0 Å². The maximum Gasteiger partial charge on any atom is 0.289 e. The van der Waals surface area contributed by atoms with Crippen LogP contribution in [-0.2, 0) is 0 Å². The van der Waals surface area contributed by atoms with Gasteiger partial charge in [0.25, 0.3) is 5.69 Å². The molecule has 1 aromatic carbocycles. The summed E-state index contributed by atoms with van der Waals surface area (Å²) in [6.07, 6.45) is 6.97. The average molecular weight is 291 g/mol. The predicted octanol–water partition coefficient (Wildman–Crippen LogP) is 3.55. The molecule has 0 spiro atoms. The molecular weight excluding hydrogens is 274 g/mol. The highest BCUT2D eigenvalue weighted by molar-refractivity contribution is 8.00. The van der Waals surface area contributed by atoms with Gasteiger partial charge in [0.1, 0.15) is 11.6 Å². The smallest absolute Gasteiger partial charge is 0.289 e. The molecule has 0 bridgehead atoms. The van der Waals surface area contributed by atoms with Gasteiger partial charge in [-0.15, -0.1) is 0 Å². The number of hydrogen-bond acceptors (Lipinski definition) is 5. The van der Waals surface area contributed by atoms with Crippen molar-refractivity contribution in [3.63, 3.8) is 0 Å². The van der Waals surface area contributed by atoms with E-state index in [2.05, 4.69) is 11.6 Å². The zero-order valence-corrected chi connectivity index (χ0v) is 12.2. The molecule has 0 heterocycles. The Bertz CT molecular complexity index is 548. The van der Waals surface area contributed by atoms with E-state index in [9.17, 15) is 10.1 Å². The van der Waals surface area contributed by atoms with Crippen molar-refractivity contribution in [1.29, 1.82) is 5.26 Å². The van der Waals surface area contributed by atoms with E-state index in [0.717, 1.165) is 6.54 Å². The van der Waals surface area contributed by atoms with Gasteiger partial charge in [-0.3, -0.25) is 10.1 Å². The molecule has 106 valence electrons. The van der Waals surface area contributed by atoms with Crippen LogP contribution in [0.15, 0.2) is 18.2 Å². The van der Waals surface area contributed by atoms with Crippen molar-refractivity contribution in [1.82, 2.24) is 0 Å². The monoisotopic (exact) mass is 291 g/mol. The van der Waals surface area contributed by atoms with Crippen molar-refractivity contribution in [2.45, 2.75) is 30.4 Å². The normalized spacial score (nSPS) is 16.6. The molecule has 0 amide bonds. The lowest BCUT2D eigenvalue weighted by atomic mass is 10.1. The fourth-order valence-electron chi connectivity index (χ4n) is 2.62. The summed E-state index contributed by atoms with van der Waals surface area (Å²) in [5.74, 6) is 0. The SMILES string of the molecule is CSC1(CNc2ccc(C#N)c([N+](=O)[O-])c2)CCCC1. The number of rotatable bonds is 5.